The van der Waals surface area contributed by atoms with Crippen molar-refractivity contribution in [2.75, 3.05) is 6.61 Å². The number of aliphatic imine (C=N–C) groups is 1. The summed E-state index contributed by atoms with van der Waals surface area (Å²) in [4.78, 5) is 4.44. The van der Waals surface area contributed by atoms with E-state index in [0.717, 1.165) is 25.7 Å². The Morgan fingerprint density at radius 2 is 1.94 bits per heavy atom. The number of alkyl halides is 1. The van der Waals surface area contributed by atoms with E-state index in [9.17, 15) is 5.11 Å². The second-order valence-electron chi connectivity index (χ2n) is 5.58. The molecule has 3 nitrogen and oxygen atoms in total. The SMILES string of the molecule is CC1(C)COC(C(Cl)C2(O)CCCCC2)=N1. The zero-order valence-corrected chi connectivity index (χ0v) is 10.8. The molecule has 1 N–H and O–H groups in total. The molecule has 1 saturated carbocycles. The molecule has 1 heterocycles. The van der Waals surface area contributed by atoms with Crippen LogP contribution in [0.15, 0.2) is 4.99 Å². The first-order valence-corrected chi connectivity index (χ1v) is 6.46. The fourth-order valence-corrected chi connectivity index (χ4v) is 2.72. The van der Waals surface area contributed by atoms with Crippen LogP contribution < -0.4 is 0 Å². The normalized spacial score (nSPS) is 29.4. The molecule has 0 spiro atoms. The van der Waals surface area contributed by atoms with Crippen LogP contribution >= 0.6 is 11.6 Å². The van der Waals surface area contributed by atoms with E-state index in [2.05, 4.69) is 4.99 Å². The van der Waals surface area contributed by atoms with Gasteiger partial charge < -0.3 is 9.84 Å². The van der Waals surface area contributed by atoms with Crippen LogP contribution in [-0.2, 0) is 4.74 Å². The zero-order chi connectivity index (χ0) is 11.8. The van der Waals surface area contributed by atoms with Crippen molar-refractivity contribution >= 4 is 17.5 Å². The standard InChI is InChI=1S/C12H20ClNO2/c1-11(2)8-16-10(14-11)9(13)12(15)6-4-3-5-7-12/h9,15H,3-8H2,1-2H3. The van der Waals surface area contributed by atoms with Crippen molar-refractivity contribution in [3.63, 3.8) is 0 Å². The van der Waals surface area contributed by atoms with E-state index >= 15 is 0 Å². The average molecular weight is 246 g/mol. The van der Waals surface area contributed by atoms with Crippen LogP contribution in [0, 0.1) is 0 Å². The molecule has 2 rings (SSSR count). The van der Waals surface area contributed by atoms with Gasteiger partial charge in [0.05, 0.1) is 11.1 Å². The number of hydrogen-bond donors (Lipinski definition) is 1. The number of aliphatic hydroxyl groups is 1. The fourth-order valence-electron chi connectivity index (χ4n) is 2.39. The highest BCUT2D eigenvalue weighted by atomic mass is 35.5. The van der Waals surface area contributed by atoms with Crippen LogP contribution in [0.2, 0.25) is 0 Å². The monoisotopic (exact) mass is 245 g/mol. The maximum absolute atomic E-state index is 10.5. The lowest BCUT2D eigenvalue weighted by Gasteiger charge is -2.35. The third-order valence-corrected chi connectivity index (χ3v) is 3.99. The third kappa shape index (κ3) is 2.35. The largest absolute Gasteiger partial charge is 0.477 e. The van der Waals surface area contributed by atoms with Gasteiger partial charge in [-0.3, -0.25) is 0 Å². The van der Waals surface area contributed by atoms with Crippen molar-refractivity contribution < 1.29 is 9.84 Å². The first-order valence-electron chi connectivity index (χ1n) is 6.02. The molecule has 1 unspecified atom stereocenters. The number of nitrogens with zero attached hydrogens (tertiary/aromatic N) is 1. The van der Waals surface area contributed by atoms with Gasteiger partial charge in [-0.25, -0.2) is 4.99 Å². The molecule has 0 radical (unpaired) electrons. The molecule has 16 heavy (non-hydrogen) atoms. The summed E-state index contributed by atoms with van der Waals surface area (Å²) in [5, 5.41) is 9.99. The van der Waals surface area contributed by atoms with Crippen molar-refractivity contribution in [2.45, 2.75) is 62.5 Å². The Hall–Kier alpha value is -0.280. The Balaban J connectivity index is 2.10. The van der Waals surface area contributed by atoms with Crippen molar-refractivity contribution in [3.05, 3.63) is 0 Å². The Bertz CT molecular complexity index is 295. The average Bonchev–Trinajstić information content (AvgIpc) is 2.59. The smallest absolute Gasteiger partial charge is 0.205 e. The number of ether oxygens (including phenoxy) is 1. The number of rotatable bonds is 2. The van der Waals surface area contributed by atoms with Crippen LogP contribution in [0.1, 0.15) is 46.0 Å². The predicted octanol–water partition coefficient (Wildman–Crippen LogP) is 2.50. The Morgan fingerprint density at radius 1 is 1.31 bits per heavy atom. The van der Waals surface area contributed by atoms with E-state index in [1.165, 1.54) is 6.42 Å². The second-order valence-corrected chi connectivity index (χ2v) is 6.01. The van der Waals surface area contributed by atoms with E-state index in [4.69, 9.17) is 16.3 Å². The number of hydrogen-bond acceptors (Lipinski definition) is 3. The van der Waals surface area contributed by atoms with Crippen molar-refractivity contribution in [1.29, 1.82) is 0 Å². The predicted molar refractivity (Wildman–Crippen MR) is 65.1 cm³/mol. The molecule has 0 aromatic rings. The summed E-state index contributed by atoms with van der Waals surface area (Å²) >= 11 is 6.33. The number of halogens is 1. The van der Waals surface area contributed by atoms with Crippen LogP contribution in [0.3, 0.4) is 0 Å². The highest BCUT2D eigenvalue weighted by Gasteiger charge is 2.43. The van der Waals surface area contributed by atoms with Crippen LogP contribution in [0.4, 0.5) is 0 Å². The molecule has 4 heteroatoms. The zero-order valence-electron chi connectivity index (χ0n) is 10.0. The van der Waals surface area contributed by atoms with Crippen LogP contribution in [0.25, 0.3) is 0 Å². The Morgan fingerprint density at radius 3 is 2.44 bits per heavy atom. The van der Waals surface area contributed by atoms with E-state index in [-0.39, 0.29) is 5.54 Å². The Labute approximate surface area is 102 Å². The molecule has 0 saturated heterocycles. The molecule has 2 aliphatic rings. The van der Waals surface area contributed by atoms with Crippen molar-refractivity contribution in [1.82, 2.24) is 0 Å². The summed E-state index contributed by atoms with van der Waals surface area (Å²) in [6.07, 6.45) is 4.77. The van der Waals surface area contributed by atoms with Gasteiger partial charge in [0.1, 0.15) is 12.0 Å². The van der Waals surface area contributed by atoms with E-state index < -0.39 is 11.0 Å². The summed E-state index contributed by atoms with van der Waals surface area (Å²) in [5.74, 6) is 0.524. The van der Waals surface area contributed by atoms with Gasteiger partial charge in [-0.1, -0.05) is 19.3 Å². The molecular formula is C12H20ClNO2. The third-order valence-electron chi connectivity index (χ3n) is 3.39. The summed E-state index contributed by atoms with van der Waals surface area (Å²) in [5.41, 5.74) is -1.02. The van der Waals surface area contributed by atoms with E-state index in [0.29, 0.717) is 12.5 Å². The molecule has 0 aromatic carbocycles. The van der Waals surface area contributed by atoms with Gasteiger partial charge >= 0.3 is 0 Å². The molecule has 1 fully saturated rings. The molecule has 1 aliphatic heterocycles. The molecule has 0 amide bonds. The van der Waals surface area contributed by atoms with Gasteiger partial charge in [0.25, 0.3) is 0 Å². The Kier molecular flexibility index (Phi) is 3.19. The van der Waals surface area contributed by atoms with Gasteiger partial charge in [-0.2, -0.15) is 0 Å². The molecule has 92 valence electrons. The van der Waals surface area contributed by atoms with Crippen LogP contribution in [-0.4, -0.2) is 34.1 Å². The topological polar surface area (TPSA) is 41.8 Å². The maximum atomic E-state index is 10.5. The minimum absolute atomic E-state index is 0.201. The van der Waals surface area contributed by atoms with E-state index in [1.54, 1.807) is 0 Å². The fraction of sp³-hybridized carbons (Fsp3) is 0.917. The van der Waals surface area contributed by atoms with Crippen molar-refractivity contribution in [2.24, 2.45) is 4.99 Å². The first kappa shape index (κ1) is 12.2. The minimum Gasteiger partial charge on any atom is -0.477 e. The lowest BCUT2D eigenvalue weighted by Crippen LogP contribution is -2.45. The quantitative estimate of drug-likeness (QED) is 0.760. The first-order chi connectivity index (χ1) is 7.43. The summed E-state index contributed by atoms with van der Waals surface area (Å²) in [7, 11) is 0. The lowest BCUT2D eigenvalue weighted by molar-refractivity contribution is 0.0102. The minimum atomic E-state index is -0.820. The summed E-state index contributed by atoms with van der Waals surface area (Å²) in [6.45, 7) is 4.57. The summed E-state index contributed by atoms with van der Waals surface area (Å²) < 4.78 is 5.51. The highest BCUT2D eigenvalue weighted by Crippen LogP contribution is 2.36. The molecule has 0 bridgehead atoms. The van der Waals surface area contributed by atoms with Gasteiger partial charge in [-0.15, -0.1) is 11.6 Å². The van der Waals surface area contributed by atoms with Crippen LogP contribution in [0.5, 0.6) is 0 Å². The molecule has 1 atom stereocenters. The van der Waals surface area contributed by atoms with Gasteiger partial charge in [-0.05, 0) is 26.7 Å². The van der Waals surface area contributed by atoms with Crippen molar-refractivity contribution in [3.8, 4) is 0 Å². The highest BCUT2D eigenvalue weighted by molar-refractivity contribution is 6.31. The second kappa shape index (κ2) is 4.19. The maximum Gasteiger partial charge on any atom is 0.205 e. The molecule has 1 aliphatic carbocycles. The van der Waals surface area contributed by atoms with Gasteiger partial charge in [0.2, 0.25) is 5.90 Å². The molecule has 0 aromatic heterocycles. The van der Waals surface area contributed by atoms with Gasteiger partial charge in [0, 0.05) is 0 Å². The summed E-state index contributed by atoms with van der Waals surface area (Å²) in [6, 6.07) is 0. The lowest BCUT2D eigenvalue weighted by atomic mass is 9.82. The van der Waals surface area contributed by atoms with E-state index in [1.807, 2.05) is 13.8 Å². The molecular weight excluding hydrogens is 226 g/mol. The van der Waals surface area contributed by atoms with Gasteiger partial charge in [0.15, 0.2) is 0 Å².